The van der Waals surface area contributed by atoms with Crippen LogP contribution in [0.1, 0.15) is 48.6 Å². The smallest absolute Gasteiger partial charge is 0.357 e. The average molecular weight is 391 g/mol. The maximum atomic E-state index is 12.6. The lowest BCUT2D eigenvalue weighted by Crippen LogP contribution is -2.35. The first-order valence-corrected chi connectivity index (χ1v) is 10.1. The second kappa shape index (κ2) is 11.3. The number of aromatic nitrogens is 1. The number of carbonyl (C=O) groups is 2. The number of ether oxygens (including phenoxy) is 2. The van der Waals surface area contributed by atoms with Gasteiger partial charge in [0.25, 0.3) is 5.91 Å². The maximum absolute atomic E-state index is 12.6. The molecule has 0 spiro atoms. The molecule has 0 aliphatic rings. The highest BCUT2D eigenvalue weighted by atomic mass is 32.1. The van der Waals surface area contributed by atoms with Gasteiger partial charge >= 0.3 is 5.97 Å². The Morgan fingerprint density at radius 2 is 1.93 bits per heavy atom. The van der Waals surface area contributed by atoms with Gasteiger partial charge in [0.15, 0.2) is 12.3 Å². The van der Waals surface area contributed by atoms with Crippen molar-refractivity contribution in [3.8, 4) is 5.75 Å². The van der Waals surface area contributed by atoms with E-state index in [1.165, 1.54) is 11.3 Å². The van der Waals surface area contributed by atoms with Crippen molar-refractivity contribution in [3.05, 3.63) is 46.4 Å². The van der Waals surface area contributed by atoms with E-state index in [9.17, 15) is 9.59 Å². The van der Waals surface area contributed by atoms with Crippen LogP contribution in [0.3, 0.4) is 0 Å². The van der Waals surface area contributed by atoms with Crippen molar-refractivity contribution < 1.29 is 19.1 Å². The molecule has 0 N–H and O–H groups in total. The van der Waals surface area contributed by atoms with Crippen LogP contribution in [0, 0.1) is 0 Å². The molecule has 0 saturated heterocycles. The predicted molar refractivity (Wildman–Crippen MR) is 105 cm³/mol. The lowest BCUT2D eigenvalue weighted by Gasteiger charge is -2.21. The number of carbonyl (C=O) groups excluding carboxylic acids is 2. The standard InChI is InChI=1S/C20H26N2O4S/c1-3-5-9-12-22(19(23)14-26-16-10-7-6-8-11-16)13-18-21-17(15-27-18)20(24)25-4-2/h6-8,10-11,15H,3-5,9,12-14H2,1-2H3. The monoisotopic (exact) mass is 390 g/mol. The van der Waals surface area contributed by atoms with E-state index in [2.05, 4.69) is 11.9 Å². The summed E-state index contributed by atoms with van der Waals surface area (Å²) < 4.78 is 10.6. The first-order chi connectivity index (χ1) is 13.1. The molecule has 7 heteroatoms. The van der Waals surface area contributed by atoms with Gasteiger partial charge in [0.1, 0.15) is 10.8 Å². The van der Waals surface area contributed by atoms with Crippen molar-refractivity contribution in [1.29, 1.82) is 0 Å². The lowest BCUT2D eigenvalue weighted by atomic mass is 10.2. The first-order valence-electron chi connectivity index (χ1n) is 9.21. The zero-order chi connectivity index (χ0) is 19.5. The van der Waals surface area contributed by atoms with Gasteiger partial charge in [-0.3, -0.25) is 4.79 Å². The zero-order valence-electron chi connectivity index (χ0n) is 15.8. The third-order valence-corrected chi connectivity index (χ3v) is 4.69. The largest absolute Gasteiger partial charge is 0.484 e. The predicted octanol–water partition coefficient (Wildman–Crippen LogP) is 3.92. The van der Waals surface area contributed by atoms with Crippen molar-refractivity contribution in [2.24, 2.45) is 0 Å². The van der Waals surface area contributed by atoms with Crippen LogP contribution in [0.15, 0.2) is 35.7 Å². The molecule has 0 aliphatic heterocycles. The Kier molecular flexibility index (Phi) is 8.77. The summed E-state index contributed by atoms with van der Waals surface area (Å²) in [5.74, 6) is 0.136. The van der Waals surface area contributed by atoms with Crippen LogP contribution in [-0.4, -0.2) is 41.5 Å². The molecule has 0 saturated carbocycles. The summed E-state index contributed by atoms with van der Waals surface area (Å²) in [7, 11) is 0. The number of unbranched alkanes of at least 4 members (excludes halogenated alkanes) is 2. The number of rotatable bonds is 11. The number of hydrogen-bond donors (Lipinski definition) is 0. The number of benzene rings is 1. The topological polar surface area (TPSA) is 68.7 Å². The Morgan fingerprint density at radius 1 is 1.15 bits per heavy atom. The van der Waals surface area contributed by atoms with Crippen molar-refractivity contribution in [2.75, 3.05) is 19.8 Å². The molecule has 0 fully saturated rings. The van der Waals surface area contributed by atoms with Crippen molar-refractivity contribution >= 4 is 23.2 Å². The Bertz CT molecular complexity index is 718. The summed E-state index contributed by atoms with van der Waals surface area (Å²) in [5.41, 5.74) is 0.290. The van der Waals surface area contributed by atoms with Gasteiger partial charge in [-0.05, 0) is 25.5 Å². The Hall–Kier alpha value is -2.41. The number of amides is 1. The van der Waals surface area contributed by atoms with Crippen LogP contribution in [0.25, 0.3) is 0 Å². The minimum Gasteiger partial charge on any atom is -0.484 e. The number of para-hydroxylation sites is 1. The molecule has 1 heterocycles. The fraction of sp³-hybridized carbons (Fsp3) is 0.450. The van der Waals surface area contributed by atoms with E-state index in [1.807, 2.05) is 30.3 Å². The molecule has 0 bridgehead atoms. The van der Waals surface area contributed by atoms with E-state index in [0.717, 1.165) is 19.3 Å². The number of nitrogens with zero attached hydrogens (tertiary/aromatic N) is 2. The molecule has 2 aromatic rings. The summed E-state index contributed by atoms with van der Waals surface area (Å²) in [6.07, 6.45) is 3.05. The SMILES string of the molecule is CCCCCN(Cc1nc(C(=O)OCC)cs1)C(=O)COc1ccccc1. The zero-order valence-corrected chi connectivity index (χ0v) is 16.7. The third kappa shape index (κ3) is 7.02. The first kappa shape index (κ1) is 20.9. The highest BCUT2D eigenvalue weighted by Crippen LogP contribution is 2.15. The van der Waals surface area contributed by atoms with E-state index in [1.54, 1.807) is 17.2 Å². The lowest BCUT2D eigenvalue weighted by molar-refractivity contribution is -0.134. The maximum Gasteiger partial charge on any atom is 0.357 e. The molecular formula is C20H26N2O4S. The molecule has 146 valence electrons. The molecule has 0 aliphatic carbocycles. The van der Waals surface area contributed by atoms with Gasteiger partial charge in [-0.25, -0.2) is 9.78 Å². The second-order valence-corrected chi connectivity index (χ2v) is 6.91. The van der Waals surface area contributed by atoms with Gasteiger partial charge in [-0.15, -0.1) is 11.3 Å². The Morgan fingerprint density at radius 3 is 2.63 bits per heavy atom. The molecule has 1 amide bonds. The Balaban J connectivity index is 1.98. The van der Waals surface area contributed by atoms with Crippen LogP contribution in [0.5, 0.6) is 5.75 Å². The van der Waals surface area contributed by atoms with Crippen LogP contribution in [-0.2, 0) is 16.1 Å². The molecule has 1 aromatic carbocycles. The van der Waals surface area contributed by atoms with Gasteiger partial charge in [0.05, 0.1) is 13.2 Å². The van der Waals surface area contributed by atoms with Gasteiger partial charge in [-0.1, -0.05) is 38.0 Å². The molecule has 0 atom stereocenters. The van der Waals surface area contributed by atoms with Crippen molar-refractivity contribution in [3.63, 3.8) is 0 Å². The van der Waals surface area contributed by atoms with Gasteiger partial charge in [0.2, 0.25) is 0 Å². The van der Waals surface area contributed by atoms with Crippen LogP contribution in [0.4, 0.5) is 0 Å². The van der Waals surface area contributed by atoms with Gasteiger partial charge in [-0.2, -0.15) is 0 Å². The summed E-state index contributed by atoms with van der Waals surface area (Å²) in [4.78, 5) is 30.5. The van der Waals surface area contributed by atoms with E-state index < -0.39 is 5.97 Å². The minimum atomic E-state index is -0.434. The van der Waals surface area contributed by atoms with E-state index in [4.69, 9.17) is 9.47 Å². The molecule has 6 nitrogen and oxygen atoms in total. The van der Waals surface area contributed by atoms with E-state index >= 15 is 0 Å². The van der Waals surface area contributed by atoms with Crippen molar-refractivity contribution in [1.82, 2.24) is 9.88 Å². The quantitative estimate of drug-likeness (QED) is 0.430. The summed E-state index contributed by atoms with van der Waals surface area (Å²) in [6.45, 7) is 5.17. The third-order valence-electron chi connectivity index (χ3n) is 3.85. The second-order valence-electron chi connectivity index (χ2n) is 5.97. The molecule has 0 radical (unpaired) electrons. The number of thiazole rings is 1. The highest BCUT2D eigenvalue weighted by molar-refractivity contribution is 7.09. The summed E-state index contributed by atoms with van der Waals surface area (Å²) >= 11 is 1.36. The van der Waals surface area contributed by atoms with Gasteiger partial charge < -0.3 is 14.4 Å². The van der Waals surface area contributed by atoms with Crippen LogP contribution in [0.2, 0.25) is 0 Å². The molecule has 0 unspecified atom stereocenters. The highest BCUT2D eigenvalue weighted by Gasteiger charge is 2.18. The van der Waals surface area contributed by atoms with Crippen molar-refractivity contribution in [2.45, 2.75) is 39.7 Å². The normalized spacial score (nSPS) is 10.4. The minimum absolute atomic E-state index is 0.0216. The average Bonchev–Trinajstić information content (AvgIpc) is 3.15. The van der Waals surface area contributed by atoms with Gasteiger partial charge in [0, 0.05) is 11.9 Å². The molecule has 2 rings (SSSR count). The molecule has 27 heavy (non-hydrogen) atoms. The number of hydrogen-bond acceptors (Lipinski definition) is 6. The van der Waals surface area contributed by atoms with E-state index in [0.29, 0.717) is 36.1 Å². The fourth-order valence-corrected chi connectivity index (χ4v) is 3.22. The summed E-state index contributed by atoms with van der Waals surface area (Å²) in [5, 5.41) is 2.38. The fourth-order valence-electron chi connectivity index (χ4n) is 2.44. The molecule has 1 aromatic heterocycles. The summed E-state index contributed by atoms with van der Waals surface area (Å²) in [6, 6.07) is 9.27. The van der Waals surface area contributed by atoms with Crippen LogP contribution >= 0.6 is 11.3 Å². The Labute approximate surface area is 164 Å². The van der Waals surface area contributed by atoms with E-state index in [-0.39, 0.29) is 12.5 Å². The number of esters is 1. The molecular weight excluding hydrogens is 364 g/mol. The van der Waals surface area contributed by atoms with Crippen LogP contribution < -0.4 is 4.74 Å².